The lowest BCUT2D eigenvalue weighted by molar-refractivity contribution is -0.895. The van der Waals surface area contributed by atoms with Crippen LogP contribution in [0.2, 0.25) is 0 Å². The quantitative estimate of drug-likeness (QED) is 0.110. The molecule has 1 aromatic heterocycles. The van der Waals surface area contributed by atoms with Crippen LogP contribution in [0.25, 0.3) is 0 Å². The number of fused-ring (bicyclic) bond motifs is 1. The van der Waals surface area contributed by atoms with E-state index in [0.717, 1.165) is 16.4 Å². The molecule has 4 atom stereocenters. The summed E-state index contributed by atoms with van der Waals surface area (Å²) >= 11 is 2.19. The minimum Gasteiger partial charge on any atom is -0.477 e. The second-order valence-corrected chi connectivity index (χ2v) is 10.4. The number of likely N-dealkylation sites (tertiary alicyclic amines) is 1. The van der Waals surface area contributed by atoms with Crippen LogP contribution in [0.4, 0.5) is 5.13 Å². The van der Waals surface area contributed by atoms with Crippen molar-refractivity contribution >= 4 is 51.9 Å². The van der Waals surface area contributed by atoms with Gasteiger partial charge in [-0.05, 0) is 0 Å². The van der Waals surface area contributed by atoms with E-state index in [1.54, 1.807) is 0 Å². The predicted octanol–water partition coefficient (Wildman–Crippen LogP) is -2.61. The van der Waals surface area contributed by atoms with Crippen LogP contribution >= 0.6 is 23.3 Å². The highest BCUT2D eigenvalue weighted by Gasteiger charge is 2.55. The van der Waals surface area contributed by atoms with Crippen molar-refractivity contribution in [2.75, 3.05) is 45.3 Å². The fraction of sp³-hybridized carbons (Fsp3) is 0.556. The molecule has 4 heterocycles. The minimum absolute atomic E-state index is 0.0536. The van der Waals surface area contributed by atoms with Gasteiger partial charge in [-0.2, -0.15) is 9.36 Å². The molecule has 2 amide bonds. The number of β-lactam (4-membered cyclic amide) rings is 1. The number of nitrogens with one attached hydrogen (secondary N) is 1. The van der Waals surface area contributed by atoms with E-state index in [-0.39, 0.29) is 46.5 Å². The molecule has 1 unspecified atom stereocenters. The second-order valence-electron chi connectivity index (χ2n) is 8.47. The average Bonchev–Trinajstić information content (AvgIpc) is 3.30. The zero-order valence-electron chi connectivity index (χ0n) is 18.2. The molecule has 0 radical (unpaired) electrons. The van der Waals surface area contributed by atoms with E-state index in [1.807, 2.05) is 7.05 Å². The number of carbonyl (C=O) groups is 3. The number of hydrogen-bond acceptors (Lipinski definition) is 12. The van der Waals surface area contributed by atoms with Crippen molar-refractivity contribution in [3.05, 3.63) is 17.1 Å². The molecule has 0 aliphatic carbocycles. The molecule has 4 rings (SSSR count). The standard InChI is InChI=1S/C18H23N7O7S2/c1-25(4-8(26)9(27)5-25)3-7-6-33-16-11(15(29)24(16)12(7)17(30)31)20-14(28)10(22-32-2)13-21-18(19)34-23-13/h8-9,11,16,26-27H,3-6H2,1-2H3,(H3-,19,20,21,23,28,30,31)/p+1/b22-10-/t8-,9-,11?,16-/m0/s1. The number of nitrogens with zero attached hydrogens (tertiary/aromatic N) is 5. The van der Waals surface area contributed by atoms with Gasteiger partial charge in [0.2, 0.25) is 11.5 Å². The first kappa shape index (κ1) is 24.3. The maximum absolute atomic E-state index is 12.9. The number of aliphatic hydroxyl groups is 2. The molecule has 14 nitrogen and oxygen atoms in total. The molecule has 0 aromatic carbocycles. The van der Waals surface area contributed by atoms with Gasteiger partial charge < -0.3 is 35.7 Å². The van der Waals surface area contributed by atoms with E-state index in [4.69, 9.17) is 10.6 Å². The number of oxime groups is 1. The molecule has 34 heavy (non-hydrogen) atoms. The molecule has 184 valence electrons. The van der Waals surface area contributed by atoms with Crippen LogP contribution in [0.3, 0.4) is 0 Å². The molecule has 3 aliphatic rings. The van der Waals surface area contributed by atoms with Crippen LogP contribution < -0.4 is 11.1 Å². The summed E-state index contributed by atoms with van der Waals surface area (Å²) in [6.45, 7) is 0.808. The predicted molar refractivity (Wildman–Crippen MR) is 120 cm³/mol. The van der Waals surface area contributed by atoms with Crippen molar-refractivity contribution in [1.29, 1.82) is 0 Å². The summed E-state index contributed by atoms with van der Waals surface area (Å²) in [5.41, 5.74) is 5.70. The molecular weight excluding hydrogens is 490 g/mol. The normalized spacial score (nSPS) is 28.4. The van der Waals surface area contributed by atoms with Crippen molar-refractivity contribution in [3.8, 4) is 0 Å². The van der Waals surface area contributed by atoms with Gasteiger partial charge in [0.05, 0.1) is 7.05 Å². The highest BCUT2D eigenvalue weighted by molar-refractivity contribution is 8.00. The number of quaternary nitrogens is 1. The molecule has 16 heteroatoms. The van der Waals surface area contributed by atoms with Gasteiger partial charge in [-0.1, -0.05) is 5.16 Å². The number of rotatable bonds is 7. The maximum atomic E-state index is 12.9. The van der Waals surface area contributed by atoms with Crippen LogP contribution in [0.5, 0.6) is 0 Å². The van der Waals surface area contributed by atoms with Crippen LogP contribution in [-0.2, 0) is 19.2 Å². The van der Waals surface area contributed by atoms with Crippen LogP contribution in [0.1, 0.15) is 5.82 Å². The Morgan fingerprint density at radius 1 is 1.35 bits per heavy atom. The molecule has 2 saturated heterocycles. The molecular formula is C18H24N7O7S2+. The number of aliphatic hydroxyl groups excluding tert-OH is 2. The highest BCUT2D eigenvalue weighted by Crippen LogP contribution is 2.41. The third kappa shape index (κ3) is 4.34. The number of likely N-dealkylation sites (N-methyl/N-ethyl adjacent to an activating group) is 1. The Balaban J connectivity index is 1.52. The largest absolute Gasteiger partial charge is 0.477 e. The molecule has 6 N–H and O–H groups in total. The first-order chi connectivity index (χ1) is 16.0. The SMILES string of the molecule is CO/N=C(\C(=O)NC1C(=O)N2C(C(=O)O)=C(C[N+]3(C)C[C@H](O)[C@@H](O)C3)CS[C@@H]12)c1nsc(N)n1. The first-order valence-electron chi connectivity index (χ1n) is 10.2. The van der Waals surface area contributed by atoms with Gasteiger partial charge in [0, 0.05) is 22.9 Å². The van der Waals surface area contributed by atoms with Gasteiger partial charge in [0.1, 0.15) is 56.1 Å². The summed E-state index contributed by atoms with van der Waals surface area (Å²) in [7, 11) is 3.06. The van der Waals surface area contributed by atoms with E-state index >= 15 is 0 Å². The summed E-state index contributed by atoms with van der Waals surface area (Å²) in [6.07, 6.45) is -1.78. The van der Waals surface area contributed by atoms with E-state index in [1.165, 1.54) is 18.9 Å². The molecule has 0 bridgehead atoms. The van der Waals surface area contributed by atoms with E-state index in [0.29, 0.717) is 11.3 Å². The summed E-state index contributed by atoms with van der Waals surface area (Å²) in [4.78, 5) is 47.6. The van der Waals surface area contributed by atoms with Crippen molar-refractivity contribution in [3.63, 3.8) is 0 Å². The van der Waals surface area contributed by atoms with Gasteiger partial charge >= 0.3 is 5.97 Å². The number of carboxylic acids is 1. The average molecular weight is 515 g/mol. The van der Waals surface area contributed by atoms with E-state index in [9.17, 15) is 29.7 Å². The Morgan fingerprint density at radius 3 is 2.59 bits per heavy atom. The highest BCUT2D eigenvalue weighted by atomic mass is 32.2. The van der Waals surface area contributed by atoms with Gasteiger partial charge in [-0.25, -0.2) is 4.79 Å². The molecule has 2 fully saturated rings. The van der Waals surface area contributed by atoms with Crippen molar-refractivity contribution < 1.29 is 39.0 Å². The summed E-state index contributed by atoms with van der Waals surface area (Å²) in [6, 6.07) is -0.980. The molecule has 1 aromatic rings. The molecule has 3 aliphatic heterocycles. The number of anilines is 1. The number of aliphatic carboxylic acids is 1. The maximum Gasteiger partial charge on any atom is 0.352 e. The smallest absolute Gasteiger partial charge is 0.352 e. The van der Waals surface area contributed by atoms with Gasteiger partial charge in [-0.15, -0.1) is 11.8 Å². The third-order valence-corrected chi connectivity index (χ3v) is 7.74. The minimum atomic E-state index is -1.26. The van der Waals surface area contributed by atoms with E-state index < -0.39 is 41.4 Å². The first-order valence-corrected chi connectivity index (χ1v) is 12.0. The number of thioether (sulfide) groups is 1. The lowest BCUT2D eigenvalue weighted by Gasteiger charge is -2.49. The Bertz CT molecular complexity index is 1080. The number of carbonyl (C=O) groups excluding carboxylic acids is 2. The van der Waals surface area contributed by atoms with Crippen LogP contribution in [0, 0.1) is 0 Å². The number of nitrogens with two attached hydrogens (primary N) is 1. The molecule has 0 saturated carbocycles. The molecule has 0 spiro atoms. The third-order valence-electron chi connectivity index (χ3n) is 5.86. The summed E-state index contributed by atoms with van der Waals surface area (Å²) in [5, 5.41) is 35.4. The topological polar surface area (TPSA) is 201 Å². The lowest BCUT2D eigenvalue weighted by Crippen LogP contribution is -2.71. The summed E-state index contributed by atoms with van der Waals surface area (Å²) in [5.74, 6) is -2.34. The lowest BCUT2D eigenvalue weighted by atomic mass is 10.0. The van der Waals surface area contributed by atoms with Crippen molar-refractivity contribution in [2.24, 2.45) is 5.16 Å². The number of aromatic nitrogens is 2. The monoisotopic (exact) mass is 514 g/mol. The Morgan fingerprint density at radius 2 is 2.03 bits per heavy atom. The zero-order valence-corrected chi connectivity index (χ0v) is 19.9. The number of hydrogen-bond donors (Lipinski definition) is 5. The second kappa shape index (κ2) is 9.10. The van der Waals surface area contributed by atoms with Crippen molar-refractivity contribution in [2.45, 2.75) is 23.6 Å². The number of carboxylic acid groups (broad SMARTS) is 1. The Kier molecular flexibility index (Phi) is 6.52. The van der Waals surface area contributed by atoms with E-state index in [2.05, 4.69) is 19.8 Å². The van der Waals surface area contributed by atoms with Gasteiger partial charge in [0.25, 0.3) is 11.8 Å². The zero-order chi connectivity index (χ0) is 24.8. The van der Waals surface area contributed by atoms with Crippen molar-refractivity contribution in [1.82, 2.24) is 19.6 Å². The van der Waals surface area contributed by atoms with Gasteiger partial charge in [-0.3, -0.25) is 14.5 Å². The Labute approximate surface area is 201 Å². The Hall–Kier alpha value is -2.79. The van der Waals surface area contributed by atoms with Crippen LogP contribution in [0.15, 0.2) is 16.4 Å². The van der Waals surface area contributed by atoms with Crippen LogP contribution in [-0.4, -0.2) is 121 Å². The number of amides is 2. The van der Waals surface area contributed by atoms with Gasteiger partial charge in [0.15, 0.2) is 5.13 Å². The fourth-order valence-electron chi connectivity index (χ4n) is 4.43. The summed E-state index contributed by atoms with van der Waals surface area (Å²) < 4.78 is 4.18. The fourth-order valence-corrected chi connectivity index (χ4v) is 6.20. The number of nitrogen functional groups attached to an aromatic ring is 1.